The van der Waals surface area contributed by atoms with Crippen molar-refractivity contribution >= 4 is 44.4 Å². The Hall–Kier alpha value is -0.140. The van der Waals surface area contributed by atoms with Gasteiger partial charge in [-0.2, -0.15) is 0 Å². The molecule has 1 N–H and O–H groups in total. The van der Waals surface area contributed by atoms with E-state index in [2.05, 4.69) is 43.8 Å². The van der Waals surface area contributed by atoms with E-state index in [1.165, 1.54) is 0 Å². The highest BCUT2D eigenvalue weighted by atomic mass is 127. The predicted octanol–water partition coefficient (Wildman–Crippen LogP) is 2.49. The van der Waals surface area contributed by atoms with Gasteiger partial charge in [0.2, 0.25) is 0 Å². The van der Waals surface area contributed by atoms with Crippen molar-refractivity contribution in [1.82, 2.24) is 10.2 Å². The monoisotopic (exact) mass is 408 g/mol. The van der Waals surface area contributed by atoms with Crippen LogP contribution in [0.5, 0.6) is 0 Å². The molecule has 1 aliphatic heterocycles. The Morgan fingerprint density at radius 1 is 1.35 bits per heavy atom. The van der Waals surface area contributed by atoms with Gasteiger partial charge in [-0.15, -0.1) is 0 Å². The molecule has 0 bridgehead atoms. The SMILES string of the molecule is O=C(c1cc(I)ccc1Br)N1CCCNCC1. The number of halogens is 2. The normalized spacial score (nSPS) is 16.7. The third-order valence-corrected chi connectivity index (χ3v) is 4.15. The summed E-state index contributed by atoms with van der Waals surface area (Å²) in [6, 6.07) is 5.86. The Kier molecular flexibility index (Phi) is 4.81. The summed E-state index contributed by atoms with van der Waals surface area (Å²) in [6.45, 7) is 3.51. The summed E-state index contributed by atoms with van der Waals surface area (Å²) in [5, 5.41) is 3.30. The number of carbonyl (C=O) groups is 1. The topological polar surface area (TPSA) is 32.3 Å². The average Bonchev–Trinajstić information content (AvgIpc) is 2.60. The molecule has 3 nitrogen and oxygen atoms in total. The van der Waals surface area contributed by atoms with Crippen LogP contribution < -0.4 is 5.32 Å². The zero-order chi connectivity index (χ0) is 12.3. The van der Waals surface area contributed by atoms with Crippen molar-refractivity contribution in [3.05, 3.63) is 31.8 Å². The second-order valence-corrected chi connectivity index (χ2v) is 6.12. The average molecular weight is 409 g/mol. The lowest BCUT2D eigenvalue weighted by Crippen LogP contribution is -2.34. The van der Waals surface area contributed by atoms with Crippen LogP contribution >= 0.6 is 38.5 Å². The fourth-order valence-corrected chi connectivity index (χ4v) is 2.79. The van der Waals surface area contributed by atoms with Crippen LogP contribution in [0.3, 0.4) is 0 Å². The molecule has 1 saturated heterocycles. The van der Waals surface area contributed by atoms with Gasteiger partial charge in [0.15, 0.2) is 0 Å². The molecule has 1 amide bonds. The number of rotatable bonds is 1. The summed E-state index contributed by atoms with van der Waals surface area (Å²) in [4.78, 5) is 14.3. The first-order chi connectivity index (χ1) is 8.18. The summed E-state index contributed by atoms with van der Waals surface area (Å²) >= 11 is 5.68. The van der Waals surface area contributed by atoms with Crippen molar-refractivity contribution in [3.8, 4) is 0 Å². The van der Waals surface area contributed by atoms with Crippen molar-refractivity contribution in [2.45, 2.75) is 6.42 Å². The maximum Gasteiger partial charge on any atom is 0.255 e. The standard InChI is InChI=1S/C12H14BrIN2O/c13-11-3-2-9(14)8-10(11)12(17)16-6-1-4-15-5-7-16/h2-3,8,15H,1,4-7H2. The number of carbonyl (C=O) groups excluding carboxylic acids is 1. The van der Waals surface area contributed by atoms with Gasteiger partial charge in [-0.1, -0.05) is 0 Å². The molecule has 0 saturated carbocycles. The van der Waals surface area contributed by atoms with Gasteiger partial charge in [-0.3, -0.25) is 4.79 Å². The fourth-order valence-electron chi connectivity index (χ4n) is 1.88. The van der Waals surface area contributed by atoms with E-state index >= 15 is 0 Å². The maximum absolute atomic E-state index is 12.4. The number of nitrogens with one attached hydrogen (secondary N) is 1. The zero-order valence-electron chi connectivity index (χ0n) is 9.38. The lowest BCUT2D eigenvalue weighted by atomic mass is 10.2. The molecule has 0 unspecified atom stereocenters. The minimum Gasteiger partial charge on any atom is -0.337 e. The van der Waals surface area contributed by atoms with E-state index < -0.39 is 0 Å². The van der Waals surface area contributed by atoms with Gasteiger partial charge in [0, 0.05) is 27.7 Å². The smallest absolute Gasteiger partial charge is 0.255 e. The van der Waals surface area contributed by atoms with Crippen LogP contribution in [-0.2, 0) is 0 Å². The summed E-state index contributed by atoms with van der Waals surface area (Å²) in [5.74, 6) is 0.124. The molecular formula is C12H14BrIN2O. The molecule has 92 valence electrons. The molecule has 0 aromatic heterocycles. The fraction of sp³-hybridized carbons (Fsp3) is 0.417. The predicted molar refractivity (Wildman–Crippen MR) is 80.2 cm³/mol. The lowest BCUT2D eigenvalue weighted by molar-refractivity contribution is 0.0765. The van der Waals surface area contributed by atoms with Gasteiger partial charge in [0.25, 0.3) is 5.91 Å². The van der Waals surface area contributed by atoms with Crippen molar-refractivity contribution in [1.29, 1.82) is 0 Å². The van der Waals surface area contributed by atoms with Crippen LogP contribution in [0.25, 0.3) is 0 Å². The highest BCUT2D eigenvalue weighted by molar-refractivity contribution is 14.1. The molecular weight excluding hydrogens is 395 g/mol. The van der Waals surface area contributed by atoms with Gasteiger partial charge >= 0.3 is 0 Å². The Bertz CT molecular complexity index is 417. The molecule has 0 atom stereocenters. The molecule has 0 radical (unpaired) electrons. The van der Waals surface area contributed by atoms with Crippen LogP contribution in [0.1, 0.15) is 16.8 Å². The summed E-state index contributed by atoms with van der Waals surface area (Å²) < 4.78 is 1.96. The Labute approximate surface area is 123 Å². The summed E-state index contributed by atoms with van der Waals surface area (Å²) in [5.41, 5.74) is 0.763. The van der Waals surface area contributed by atoms with E-state index in [0.29, 0.717) is 0 Å². The number of hydrogen-bond donors (Lipinski definition) is 1. The highest BCUT2D eigenvalue weighted by Gasteiger charge is 2.19. The summed E-state index contributed by atoms with van der Waals surface area (Å²) in [6.07, 6.45) is 1.02. The van der Waals surface area contributed by atoms with Crippen LogP contribution in [0.2, 0.25) is 0 Å². The van der Waals surface area contributed by atoms with Gasteiger partial charge in [-0.05, 0) is 69.7 Å². The lowest BCUT2D eigenvalue weighted by Gasteiger charge is -2.20. The van der Waals surface area contributed by atoms with E-state index in [4.69, 9.17) is 0 Å². The number of hydrogen-bond acceptors (Lipinski definition) is 2. The van der Waals surface area contributed by atoms with E-state index in [-0.39, 0.29) is 5.91 Å². The van der Waals surface area contributed by atoms with Crippen molar-refractivity contribution in [2.75, 3.05) is 26.2 Å². The van der Waals surface area contributed by atoms with Crippen molar-refractivity contribution in [3.63, 3.8) is 0 Å². The molecule has 1 fully saturated rings. The summed E-state index contributed by atoms with van der Waals surface area (Å²) in [7, 11) is 0. The van der Waals surface area contributed by atoms with Crippen LogP contribution in [0, 0.1) is 3.57 Å². The minimum absolute atomic E-state index is 0.124. The largest absolute Gasteiger partial charge is 0.337 e. The van der Waals surface area contributed by atoms with Gasteiger partial charge in [-0.25, -0.2) is 0 Å². The Morgan fingerprint density at radius 3 is 3.00 bits per heavy atom. The molecule has 0 aliphatic carbocycles. The van der Waals surface area contributed by atoms with Crippen LogP contribution in [0.15, 0.2) is 22.7 Å². The van der Waals surface area contributed by atoms with E-state index in [9.17, 15) is 4.79 Å². The Balaban J connectivity index is 2.20. The van der Waals surface area contributed by atoms with Gasteiger partial charge < -0.3 is 10.2 Å². The zero-order valence-corrected chi connectivity index (χ0v) is 13.1. The van der Waals surface area contributed by atoms with Gasteiger partial charge in [0.05, 0.1) is 5.56 Å². The van der Waals surface area contributed by atoms with Crippen LogP contribution in [-0.4, -0.2) is 37.0 Å². The van der Waals surface area contributed by atoms with Crippen LogP contribution in [0.4, 0.5) is 0 Å². The molecule has 2 rings (SSSR count). The highest BCUT2D eigenvalue weighted by Crippen LogP contribution is 2.21. The molecule has 5 heteroatoms. The molecule has 17 heavy (non-hydrogen) atoms. The third-order valence-electron chi connectivity index (χ3n) is 2.79. The second kappa shape index (κ2) is 6.15. The molecule has 1 heterocycles. The number of benzene rings is 1. The molecule has 0 spiro atoms. The molecule has 1 aliphatic rings. The van der Waals surface area contributed by atoms with Crippen molar-refractivity contribution < 1.29 is 4.79 Å². The quantitative estimate of drug-likeness (QED) is 0.724. The third kappa shape index (κ3) is 3.42. The second-order valence-electron chi connectivity index (χ2n) is 4.02. The maximum atomic E-state index is 12.4. The number of nitrogens with zero attached hydrogens (tertiary/aromatic N) is 1. The first-order valence-electron chi connectivity index (χ1n) is 5.63. The minimum atomic E-state index is 0.124. The molecule has 1 aromatic carbocycles. The van der Waals surface area contributed by atoms with E-state index in [1.54, 1.807) is 0 Å². The van der Waals surface area contributed by atoms with E-state index in [1.807, 2.05) is 23.1 Å². The number of amides is 1. The van der Waals surface area contributed by atoms with Crippen molar-refractivity contribution in [2.24, 2.45) is 0 Å². The Morgan fingerprint density at radius 2 is 2.18 bits per heavy atom. The van der Waals surface area contributed by atoms with Gasteiger partial charge in [0.1, 0.15) is 0 Å². The van der Waals surface area contributed by atoms with E-state index in [0.717, 1.165) is 46.2 Å². The first kappa shape index (κ1) is 13.3. The molecule has 1 aromatic rings. The first-order valence-corrected chi connectivity index (χ1v) is 7.51.